The van der Waals surface area contributed by atoms with E-state index in [0.29, 0.717) is 25.6 Å². The maximum atomic E-state index is 11.9. The molecule has 0 aromatic carbocycles. The van der Waals surface area contributed by atoms with Gasteiger partial charge in [-0.1, -0.05) is 13.8 Å². The molecule has 0 aliphatic heterocycles. The molecule has 0 saturated carbocycles. The molecule has 0 saturated heterocycles. The molecule has 0 unspecified atom stereocenters. The highest BCUT2D eigenvalue weighted by Crippen LogP contribution is 2.05. The molecule has 0 radical (unpaired) electrons. The second-order valence-electron chi connectivity index (χ2n) is 4.29. The molecular formula is C12H22N4O2S. The van der Waals surface area contributed by atoms with Gasteiger partial charge in [0.25, 0.3) is 0 Å². The van der Waals surface area contributed by atoms with Gasteiger partial charge in [0.2, 0.25) is 16.0 Å². The number of anilines is 1. The molecule has 19 heavy (non-hydrogen) atoms. The van der Waals surface area contributed by atoms with Gasteiger partial charge in [0.15, 0.2) is 0 Å². The minimum absolute atomic E-state index is 0.0466. The number of nitrogens with zero attached hydrogens (tertiary/aromatic N) is 3. The van der Waals surface area contributed by atoms with Crippen LogP contribution in [0.1, 0.15) is 25.1 Å². The van der Waals surface area contributed by atoms with Crippen molar-refractivity contribution in [2.24, 2.45) is 0 Å². The van der Waals surface area contributed by atoms with E-state index in [4.69, 9.17) is 0 Å². The Balaban J connectivity index is 2.56. The first-order chi connectivity index (χ1) is 8.90. The molecule has 0 aliphatic rings. The van der Waals surface area contributed by atoms with Gasteiger partial charge in [0, 0.05) is 31.5 Å². The molecule has 7 heteroatoms. The van der Waals surface area contributed by atoms with Crippen molar-refractivity contribution in [1.82, 2.24) is 14.3 Å². The second-order valence-corrected chi connectivity index (χ2v) is 6.38. The second kappa shape index (κ2) is 6.81. The Labute approximate surface area is 115 Å². The summed E-state index contributed by atoms with van der Waals surface area (Å²) in [6.07, 6.45) is 1.73. The van der Waals surface area contributed by atoms with E-state index in [1.165, 1.54) is 4.31 Å². The lowest BCUT2D eigenvalue weighted by Crippen LogP contribution is -2.34. The summed E-state index contributed by atoms with van der Waals surface area (Å²) in [4.78, 5) is 8.36. The number of nitrogens with one attached hydrogen (secondary N) is 1. The van der Waals surface area contributed by atoms with E-state index in [0.717, 1.165) is 11.3 Å². The summed E-state index contributed by atoms with van der Waals surface area (Å²) >= 11 is 0. The SMILES string of the molecule is CCN(CC)S(=O)(=O)CCNc1ncc(C)c(C)n1. The minimum atomic E-state index is -3.20. The topological polar surface area (TPSA) is 75.2 Å². The van der Waals surface area contributed by atoms with Crippen LogP contribution in [0.3, 0.4) is 0 Å². The van der Waals surface area contributed by atoms with Crippen LogP contribution in [0, 0.1) is 13.8 Å². The predicted molar refractivity (Wildman–Crippen MR) is 76.7 cm³/mol. The maximum Gasteiger partial charge on any atom is 0.222 e. The van der Waals surface area contributed by atoms with Gasteiger partial charge in [-0.05, 0) is 19.4 Å². The fourth-order valence-electron chi connectivity index (χ4n) is 1.65. The van der Waals surface area contributed by atoms with Crippen molar-refractivity contribution in [2.45, 2.75) is 27.7 Å². The van der Waals surface area contributed by atoms with Crippen molar-refractivity contribution in [2.75, 3.05) is 30.7 Å². The van der Waals surface area contributed by atoms with Crippen LogP contribution in [-0.4, -0.2) is 48.1 Å². The van der Waals surface area contributed by atoms with Crippen molar-refractivity contribution in [3.63, 3.8) is 0 Å². The lowest BCUT2D eigenvalue weighted by Gasteiger charge is -2.18. The van der Waals surface area contributed by atoms with E-state index in [-0.39, 0.29) is 5.75 Å². The highest BCUT2D eigenvalue weighted by atomic mass is 32.2. The van der Waals surface area contributed by atoms with E-state index >= 15 is 0 Å². The van der Waals surface area contributed by atoms with Crippen LogP contribution in [0.5, 0.6) is 0 Å². The van der Waals surface area contributed by atoms with E-state index in [1.807, 2.05) is 27.7 Å². The van der Waals surface area contributed by atoms with Crippen molar-refractivity contribution < 1.29 is 8.42 Å². The molecule has 1 aromatic heterocycles. The number of aromatic nitrogens is 2. The summed E-state index contributed by atoms with van der Waals surface area (Å²) in [6, 6.07) is 0. The third-order valence-corrected chi connectivity index (χ3v) is 4.99. The van der Waals surface area contributed by atoms with Gasteiger partial charge >= 0.3 is 0 Å². The van der Waals surface area contributed by atoms with Crippen molar-refractivity contribution >= 4 is 16.0 Å². The van der Waals surface area contributed by atoms with Crippen LogP contribution < -0.4 is 5.32 Å². The van der Waals surface area contributed by atoms with Gasteiger partial charge in [-0.2, -0.15) is 0 Å². The molecule has 108 valence electrons. The van der Waals surface area contributed by atoms with Gasteiger partial charge in [0.05, 0.1) is 5.75 Å². The van der Waals surface area contributed by atoms with E-state index in [2.05, 4.69) is 15.3 Å². The Hall–Kier alpha value is -1.21. The summed E-state index contributed by atoms with van der Waals surface area (Å²) in [6.45, 7) is 8.81. The average molecular weight is 286 g/mol. The molecule has 1 rings (SSSR count). The Kier molecular flexibility index (Phi) is 5.68. The van der Waals surface area contributed by atoms with Crippen LogP contribution in [0.4, 0.5) is 5.95 Å². The fourth-order valence-corrected chi connectivity index (χ4v) is 3.06. The van der Waals surface area contributed by atoms with Gasteiger partial charge in [0.1, 0.15) is 0 Å². The summed E-state index contributed by atoms with van der Waals surface area (Å²) in [5.74, 6) is 0.517. The van der Waals surface area contributed by atoms with E-state index < -0.39 is 10.0 Å². The smallest absolute Gasteiger partial charge is 0.222 e. The van der Waals surface area contributed by atoms with Crippen LogP contribution in [0.2, 0.25) is 0 Å². The first kappa shape index (κ1) is 15.8. The van der Waals surface area contributed by atoms with Crippen molar-refractivity contribution in [3.05, 3.63) is 17.5 Å². The summed E-state index contributed by atoms with van der Waals surface area (Å²) < 4.78 is 25.4. The van der Waals surface area contributed by atoms with Crippen molar-refractivity contribution in [3.8, 4) is 0 Å². The third-order valence-electron chi connectivity index (χ3n) is 2.97. The number of hydrogen-bond donors (Lipinski definition) is 1. The molecule has 0 fully saturated rings. The average Bonchev–Trinajstić information content (AvgIpc) is 2.34. The van der Waals surface area contributed by atoms with Gasteiger partial charge < -0.3 is 5.32 Å². The molecular weight excluding hydrogens is 264 g/mol. The van der Waals surface area contributed by atoms with Crippen LogP contribution in [0.25, 0.3) is 0 Å². The van der Waals surface area contributed by atoms with Gasteiger partial charge in [-0.25, -0.2) is 22.7 Å². The van der Waals surface area contributed by atoms with E-state index in [1.54, 1.807) is 6.20 Å². The molecule has 0 amide bonds. The summed E-state index contributed by atoms with van der Waals surface area (Å²) in [7, 11) is -3.20. The molecule has 1 N–H and O–H groups in total. The Morgan fingerprint density at radius 1 is 1.26 bits per heavy atom. The number of aryl methyl sites for hydroxylation is 2. The number of sulfonamides is 1. The minimum Gasteiger partial charge on any atom is -0.353 e. The van der Waals surface area contributed by atoms with Gasteiger partial charge in [-0.15, -0.1) is 0 Å². The summed E-state index contributed by atoms with van der Waals surface area (Å²) in [5, 5.41) is 2.94. The standard InChI is InChI=1S/C12H22N4O2S/c1-5-16(6-2)19(17,18)8-7-13-12-14-9-10(3)11(4)15-12/h9H,5-8H2,1-4H3,(H,13,14,15). The molecule has 6 nitrogen and oxygen atoms in total. The van der Waals surface area contributed by atoms with Crippen LogP contribution in [-0.2, 0) is 10.0 Å². The van der Waals surface area contributed by atoms with Gasteiger partial charge in [-0.3, -0.25) is 0 Å². The zero-order valence-electron chi connectivity index (χ0n) is 12.0. The predicted octanol–water partition coefficient (Wildman–Crippen LogP) is 1.18. The largest absolute Gasteiger partial charge is 0.353 e. The molecule has 0 spiro atoms. The quantitative estimate of drug-likeness (QED) is 0.814. The number of rotatable bonds is 7. The Bertz CT molecular complexity index is 512. The third kappa shape index (κ3) is 4.43. The lowest BCUT2D eigenvalue weighted by atomic mass is 10.3. The molecule has 1 heterocycles. The molecule has 0 atom stereocenters. The van der Waals surface area contributed by atoms with Crippen molar-refractivity contribution in [1.29, 1.82) is 0 Å². The van der Waals surface area contributed by atoms with E-state index in [9.17, 15) is 8.42 Å². The lowest BCUT2D eigenvalue weighted by molar-refractivity contribution is 0.446. The normalized spacial score (nSPS) is 11.8. The maximum absolute atomic E-state index is 11.9. The van der Waals surface area contributed by atoms with Crippen LogP contribution in [0.15, 0.2) is 6.20 Å². The zero-order chi connectivity index (χ0) is 14.5. The first-order valence-electron chi connectivity index (χ1n) is 6.42. The number of hydrogen-bond acceptors (Lipinski definition) is 5. The monoisotopic (exact) mass is 286 g/mol. The zero-order valence-corrected chi connectivity index (χ0v) is 12.8. The van der Waals surface area contributed by atoms with Crippen LogP contribution >= 0.6 is 0 Å². The fraction of sp³-hybridized carbons (Fsp3) is 0.667. The first-order valence-corrected chi connectivity index (χ1v) is 8.03. The highest BCUT2D eigenvalue weighted by Gasteiger charge is 2.18. The molecule has 1 aromatic rings. The Morgan fingerprint density at radius 2 is 1.89 bits per heavy atom. The highest BCUT2D eigenvalue weighted by molar-refractivity contribution is 7.89. The molecule has 0 aliphatic carbocycles. The molecule has 0 bridgehead atoms. The Morgan fingerprint density at radius 3 is 2.42 bits per heavy atom. The summed E-state index contributed by atoms with van der Waals surface area (Å²) in [5.41, 5.74) is 1.91.